The number of carbonyl (C=O) groups is 1. The molecule has 0 aromatic heterocycles. The highest BCUT2D eigenvalue weighted by Crippen LogP contribution is 2.52. The van der Waals surface area contributed by atoms with Gasteiger partial charge in [-0.3, -0.25) is 4.79 Å². The van der Waals surface area contributed by atoms with Crippen molar-refractivity contribution in [2.75, 3.05) is 11.2 Å². The van der Waals surface area contributed by atoms with E-state index in [1.165, 1.54) is 11.1 Å². The SMILES string of the molecule is CSC1=NN=C2NC(=O)CC23c2ccccc2N(Cc2ccccc2)C13. The van der Waals surface area contributed by atoms with Gasteiger partial charge in [-0.1, -0.05) is 48.5 Å². The number of hydrogen-bond acceptors (Lipinski definition) is 5. The van der Waals surface area contributed by atoms with Crippen molar-refractivity contribution < 1.29 is 4.79 Å². The van der Waals surface area contributed by atoms with E-state index in [1.54, 1.807) is 11.8 Å². The Labute approximate surface area is 156 Å². The summed E-state index contributed by atoms with van der Waals surface area (Å²) in [6, 6.07) is 18.8. The van der Waals surface area contributed by atoms with Gasteiger partial charge in [0.15, 0.2) is 0 Å². The highest BCUT2D eigenvalue weighted by Gasteiger charge is 2.61. The molecule has 1 N–H and O–H groups in total. The summed E-state index contributed by atoms with van der Waals surface area (Å²) < 4.78 is 0. The van der Waals surface area contributed by atoms with Crippen LogP contribution >= 0.6 is 11.8 Å². The molecule has 0 saturated carbocycles. The number of hydrogen-bond donors (Lipinski definition) is 1. The van der Waals surface area contributed by atoms with Gasteiger partial charge in [-0.05, 0) is 23.4 Å². The topological polar surface area (TPSA) is 57.1 Å². The Kier molecular flexibility index (Phi) is 3.43. The Hall–Kier alpha value is -2.60. The predicted molar refractivity (Wildman–Crippen MR) is 106 cm³/mol. The highest BCUT2D eigenvalue weighted by molar-refractivity contribution is 8.13. The fourth-order valence-electron chi connectivity index (χ4n) is 4.45. The quantitative estimate of drug-likeness (QED) is 0.894. The Morgan fingerprint density at radius 3 is 2.73 bits per heavy atom. The third kappa shape index (κ3) is 2.02. The number of nitrogens with one attached hydrogen (secondary N) is 1. The summed E-state index contributed by atoms with van der Waals surface area (Å²) in [5, 5.41) is 12.8. The number of rotatable bonds is 2. The van der Waals surface area contributed by atoms with E-state index in [0.717, 1.165) is 17.3 Å². The Morgan fingerprint density at radius 1 is 1.15 bits per heavy atom. The molecule has 2 aromatic rings. The number of amidine groups is 1. The number of benzene rings is 2. The predicted octanol–water partition coefficient (Wildman–Crippen LogP) is 2.92. The van der Waals surface area contributed by atoms with Crippen molar-refractivity contribution in [2.45, 2.75) is 24.4 Å². The lowest BCUT2D eigenvalue weighted by atomic mass is 9.74. The molecule has 26 heavy (non-hydrogen) atoms. The minimum absolute atomic E-state index is 0.0124. The number of thioether (sulfide) groups is 1. The van der Waals surface area contributed by atoms with Gasteiger partial charge in [0.2, 0.25) is 5.91 Å². The van der Waals surface area contributed by atoms with Crippen LogP contribution in [-0.2, 0) is 16.8 Å². The zero-order valence-electron chi connectivity index (χ0n) is 14.3. The first kappa shape index (κ1) is 15.6. The van der Waals surface area contributed by atoms with Gasteiger partial charge in [-0.15, -0.1) is 22.0 Å². The van der Waals surface area contributed by atoms with Crippen LogP contribution in [0.2, 0.25) is 0 Å². The van der Waals surface area contributed by atoms with Gasteiger partial charge < -0.3 is 10.2 Å². The summed E-state index contributed by atoms with van der Waals surface area (Å²) in [6.07, 6.45) is 2.44. The van der Waals surface area contributed by atoms with E-state index < -0.39 is 5.41 Å². The summed E-state index contributed by atoms with van der Waals surface area (Å²) >= 11 is 1.61. The van der Waals surface area contributed by atoms with Crippen LogP contribution in [0.25, 0.3) is 0 Å². The summed E-state index contributed by atoms with van der Waals surface area (Å²) in [7, 11) is 0. The zero-order chi connectivity index (χ0) is 17.7. The maximum atomic E-state index is 12.3. The molecule has 0 bridgehead atoms. The van der Waals surface area contributed by atoms with Gasteiger partial charge >= 0.3 is 0 Å². The van der Waals surface area contributed by atoms with Crippen LogP contribution in [0.4, 0.5) is 5.69 Å². The minimum atomic E-state index is -0.456. The Morgan fingerprint density at radius 2 is 1.92 bits per heavy atom. The van der Waals surface area contributed by atoms with Crippen molar-refractivity contribution in [2.24, 2.45) is 10.2 Å². The molecule has 1 fully saturated rings. The van der Waals surface area contributed by atoms with Gasteiger partial charge in [0.25, 0.3) is 0 Å². The van der Waals surface area contributed by atoms with E-state index in [4.69, 9.17) is 0 Å². The fourth-order valence-corrected chi connectivity index (χ4v) is 5.12. The van der Waals surface area contributed by atoms with Gasteiger partial charge in [-0.2, -0.15) is 0 Å². The average Bonchev–Trinajstić information content (AvgIpc) is 3.16. The molecule has 2 atom stereocenters. The molecule has 6 heteroatoms. The molecule has 3 aliphatic heterocycles. The maximum Gasteiger partial charge on any atom is 0.226 e. The van der Waals surface area contributed by atoms with Crippen LogP contribution in [0.15, 0.2) is 64.8 Å². The molecule has 3 heterocycles. The third-order valence-electron chi connectivity index (χ3n) is 5.48. The number of amides is 1. The molecule has 5 nitrogen and oxygen atoms in total. The van der Waals surface area contributed by atoms with Gasteiger partial charge in [-0.25, -0.2) is 0 Å². The first-order valence-corrected chi connectivity index (χ1v) is 9.86. The standard InChI is InChI=1S/C20H18N4OS/c1-26-18-17-20(11-16(25)21-19(20)23-22-18)14-9-5-6-10-15(14)24(17)12-13-7-3-2-4-8-13/h2-10,17H,11-12H2,1H3,(H,21,23,25). The van der Waals surface area contributed by atoms with Crippen molar-refractivity contribution in [1.82, 2.24) is 5.32 Å². The molecule has 5 rings (SSSR count). The maximum absolute atomic E-state index is 12.3. The zero-order valence-corrected chi connectivity index (χ0v) is 15.2. The summed E-state index contributed by atoms with van der Waals surface area (Å²) in [4.78, 5) is 14.7. The van der Waals surface area contributed by atoms with Gasteiger partial charge in [0, 0.05) is 18.7 Å². The lowest BCUT2D eigenvalue weighted by Gasteiger charge is -2.37. The van der Waals surface area contributed by atoms with Crippen LogP contribution < -0.4 is 10.2 Å². The van der Waals surface area contributed by atoms with E-state index in [2.05, 4.69) is 62.9 Å². The normalized spacial score (nSPS) is 25.8. The molecular formula is C20H18N4OS. The molecular weight excluding hydrogens is 344 g/mol. The van der Waals surface area contributed by atoms with Crippen LogP contribution in [0.5, 0.6) is 0 Å². The number of carbonyl (C=O) groups excluding carboxylic acids is 1. The fraction of sp³-hybridized carbons (Fsp3) is 0.250. The van der Waals surface area contributed by atoms with E-state index >= 15 is 0 Å². The number of para-hydroxylation sites is 1. The van der Waals surface area contributed by atoms with Crippen molar-refractivity contribution in [3.63, 3.8) is 0 Å². The van der Waals surface area contributed by atoms with E-state index in [1.807, 2.05) is 18.4 Å². The van der Waals surface area contributed by atoms with Crippen LogP contribution in [0.1, 0.15) is 17.5 Å². The lowest BCUT2D eigenvalue weighted by molar-refractivity contribution is -0.119. The van der Waals surface area contributed by atoms with Crippen LogP contribution in [0.3, 0.4) is 0 Å². The summed E-state index contributed by atoms with van der Waals surface area (Å²) in [5.41, 5.74) is 3.11. The van der Waals surface area contributed by atoms with Crippen LogP contribution in [0, 0.1) is 0 Å². The lowest BCUT2D eigenvalue weighted by Crippen LogP contribution is -2.54. The molecule has 1 amide bonds. The van der Waals surface area contributed by atoms with Gasteiger partial charge in [0.1, 0.15) is 10.9 Å². The summed E-state index contributed by atoms with van der Waals surface area (Å²) in [5.74, 6) is 0.705. The Bertz CT molecular complexity index is 955. The van der Waals surface area contributed by atoms with E-state index in [0.29, 0.717) is 12.3 Å². The smallest absolute Gasteiger partial charge is 0.226 e. The first-order chi connectivity index (χ1) is 12.7. The molecule has 1 spiro atoms. The van der Waals surface area contributed by atoms with E-state index in [9.17, 15) is 4.79 Å². The van der Waals surface area contributed by atoms with Crippen molar-refractivity contribution in [3.05, 3.63) is 65.7 Å². The number of nitrogens with zero attached hydrogens (tertiary/aromatic N) is 3. The second-order valence-electron chi connectivity index (χ2n) is 6.82. The average molecular weight is 362 g/mol. The number of fused-ring (bicyclic) bond motifs is 1. The van der Waals surface area contributed by atoms with Crippen molar-refractivity contribution in [1.29, 1.82) is 0 Å². The monoisotopic (exact) mass is 362 g/mol. The van der Waals surface area contributed by atoms with Crippen molar-refractivity contribution in [3.8, 4) is 0 Å². The molecule has 3 aliphatic rings. The molecule has 2 unspecified atom stereocenters. The van der Waals surface area contributed by atoms with Crippen LogP contribution in [-0.4, -0.2) is 29.1 Å². The largest absolute Gasteiger partial charge is 0.356 e. The second kappa shape index (κ2) is 5.71. The minimum Gasteiger partial charge on any atom is -0.356 e. The number of anilines is 1. The highest BCUT2D eigenvalue weighted by atomic mass is 32.2. The van der Waals surface area contributed by atoms with E-state index in [-0.39, 0.29) is 11.9 Å². The Balaban J connectivity index is 1.70. The molecule has 1 saturated heterocycles. The van der Waals surface area contributed by atoms with Gasteiger partial charge in [0.05, 0.1) is 11.5 Å². The molecule has 0 aliphatic carbocycles. The molecule has 130 valence electrons. The molecule has 0 radical (unpaired) electrons. The first-order valence-electron chi connectivity index (χ1n) is 8.64. The van der Waals surface area contributed by atoms with Crippen molar-refractivity contribution >= 4 is 34.2 Å². The third-order valence-corrected chi connectivity index (χ3v) is 6.20. The molecule has 2 aromatic carbocycles. The summed E-state index contributed by atoms with van der Waals surface area (Å²) in [6.45, 7) is 0.769. The second-order valence-corrected chi connectivity index (χ2v) is 7.65.